The van der Waals surface area contributed by atoms with Crippen molar-refractivity contribution < 1.29 is 79.1 Å². The van der Waals surface area contributed by atoms with E-state index in [4.69, 9.17) is 0 Å². The van der Waals surface area contributed by atoms with Crippen molar-refractivity contribution in [2.75, 3.05) is 21.3 Å². The van der Waals surface area contributed by atoms with Gasteiger partial charge in [-0.2, -0.15) is 61.5 Å². The monoisotopic (exact) mass is 532 g/mol. The standard InChI is InChI=1S/C13H15F15O3Si/c1-5-7(15,16)9(19,20)11(23,24)13(27,28)12(25,26)10(21,22)8(17,18)6(14)32(29-2,30-3)31-4/h6H,5H2,1-4H3. The molecule has 1 atom stereocenters. The minimum absolute atomic E-state index is 0.0151. The second-order valence-corrected chi connectivity index (χ2v) is 9.07. The summed E-state index contributed by atoms with van der Waals surface area (Å²) in [7, 11) is -4.94. The Morgan fingerprint density at radius 1 is 0.562 bits per heavy atom. The Balaban J connectivity index is 6.80. The van der Waals surface area contributed by atoms with Crippen molar-refractivity contribution in [3.63, 3.8) is 0 Å². The maximum Gasteiger partial charge on any atom is 0.543 e. The second kappa shape index (κ2) is 8.68. The molecular weight excluding hydrogens is 517 g/mol. The van der Waals surface area contributed by atoms with E-state index in [0.717, 1.165) is 0 Å². The first-order valence-electron chi connectivity index (χ1n) is 7.84. The van der Waals surface area contributed by atoms with Gasteiger partial charge >= 0.3 is 50.3 Å². The van der Waals surface area contributed by atoms with E-state index in [0.29, 0.717) is 0 Å². The summed E-state index contributed by atoms with van der Waals surface area (Å²) < 4.78 is 216. The fourth-order valence-corrected chi connectivity index (χ4v) is 3.94. The minimum Gasteiger partial charge on any atom is -0.375 e. The molecular formula is C13H15F15O3Si. The van der Waals surface area contributed by atoms with E-state index in [1.54, 1.807) is 0 Å². The van der Waals surface area contributed by atoms with Crippen LogP contribution in [0.1, 0.15) is 13.3 Å². The van der Waals surface area contributed by atoms with Crippen LogP contribution in [-0.2, 0) is 13.3 Å². The normalized spacial score (nSPS) is 17.0. The molecule has 0 aromatic heterocycles. The fraction of sp³-hybridized carbons (Fsp3) is 1.00. The molecule has 0 aliphatic carbocycles. The van der Waals surface area contributed by atoms with Crippen LogP contribution in [-0.4, -0.2) is 77.4 Å². The van der Waals surface area contributed by atoms with Gasteiger partial charge in [0, 0.05) is 27.8 Å². The topological polar surface area (TPSA) is 27.7 Å². The van der Waals surface area contributed by atoms with Crippen LogP contribution in [0.5, 0.6) is 0 Å². The molecule has 0 aliphatic rings. The fourth-order valence-electron chi connectivity index (χ4n) is 2.19. The van der Waals surface area contributed by atoms with Gasteiger partial charge in [0.05, 0.1) is 0 Å². The van der Waals surface area contributed by atoms with Gasteiger partial charge in [0.15, 0.2) is 0 Å². The van der Waals surface area contributed by atoms with Crippen molar-refractivity contribution in [2.24, 2.45) is 0 Å². The average Bonchev–Trinajstić information content (AvgIpc) is 2.68. The zero-order chi connectivity index (χ0) is 26.4. The molecule has 0 aliphatic heterocycles. The molecule has 0 N–H and O–H groups in total. The Morgan fingerprint density at radius 3 is 1.12 bits per heavy atom. The second-order valence-electron chi connectivity index (χ2n) is 6.13. The molecule has 0 aromatic rings. The van der Waals surface area contributed by atoms with Crippen LogP contribution in [0.15, 0.2) is 0 Å². The Hall–Kier alpha value is -0.953. The number of alkyl halides is 15. The lowest BCUT2D eigenvalue weighted by Crippen LogP contribution is -2.75. The van der Waals surface area contributed by atoms with Crippen LogP contribution in [0, 0.1) is 0 Å². The highest BCUT2D eigenvalue weighted by Gasteiger charge is 2.94. The zero-order valence-corrected chi connectivity index (χ0v) is 17.2. The van der Waals surface area contributed by atoms with E-state index >= 15 is 0 Å². The Morgan fingerprint density at radius 2 is 0.844 bits per heavy atom. The Kier molecular flexibility index (Phi) is 8.42. The highest BCUT2D eigenvalue weighted by Crippen LogP contribution is 2.63. The van der Waals surface area contributed by atoms with Crippen LogP contribution in [0.2, 0.25) is 0 Å². The van der Waals surface area contributed by atoms with E-state index in [2.05, 4.69) is 13.3 Å². The number of halogens is 15. The molecule has 0 heterocycles. The van der Waals surface area contributed by atoms with Gasteiger partial charge in [0.25, 0.3) is 0 Å². The highest BCUT2D eigenvalue weighted by molar-refractivity contribution is 6.62. The van der Waals surface area contributed by atoms with E-state index in [1.807, 2.05) is 0 Å². The zero-order valence-electron chi connectivity index (χ0n) is 16.2. The van der Waals surface area contributed by atoms with Crippen molar-refractivity contribution in [3.05, 3.63) is 0 Å². The Bertz CT molecular complexity index is 642. The molecule has 0 aromatic carbocycles. The summed E-state index contributed by atoms with van der Waals surface area (Å²) in [5.41, 5.74) is 0. The van der Waals surface area contributed by atoms with Gasteiger partial charge in [-0.3, -0.25) is 0 Å². The summed E-state index contributed by atoms with van der Waals surface area (Å²) in [5.74, 6) is -58.0. The van der Waals surface area contributed by atoms with E-state index in [9.17, 15) is 65.9 Å². The first-order valence-corrected chi connectivity index (χ1v) is 9.64. The van der Waals surface area contributed by atoms with Crippen LogP contribution < -0.4 is 0 Å². The van der Waals surface area contributed by atoms with Gasteiger partial charge in [-0.05, 0) is 0 Å². The number of rotatable bonds is 12. The molecule has 19 heteroatoms. The SMILES string of the molecule is CCC(F)(F)C(F)(F)C(F)(F)C(F)(F)C(F)(F)C(F)(F)C(F)(F)C(F)[Si](OC)(OC)OC. The molecule has 0 amide bonds. The van der Waals surface area contributed by atoms with Gasteiger partial charge in [-0.15, -0.1) is 0 Å². The van der Waals surface area contributed by atoms with Gasteiger partial charge in [0.1, 0.15) is 0 Å². The largest absolute Gasteiger partial charge is 0.543 e. The summed E-state index contributed by atoms with van der Waals surface area (Å²) >= 11 is 0. The van der Waals surface area contributed by atoms with Crippen molar-refractivity contribution in [1.82, 2.24) is 0 Å². The molecule has 0 radical (unpaired) electrons. The third-order valence-electron chi connectivity index (χ3n) is 4.38. The van der Waals surface area contributed by atoms with E-state index in [-0.39, 0.29) is 28.3 Å². The molecule has 0 fully saturated rings. The third kappa shape index (κ3) is 3.85. The highest BCUT2D eigenvalue weighted by atomic mass is 28.4. The maximum atomic E-state index is 14.1. The summed E-state index contributed by atoms with van der Waals surface area (Å²) in [5, 5.41) is 0. The summed E-state index contributed by atoms with van der Waals surface area (Å²) in [6, 6.07) is 0. The lowest BCUT2D eigenvalue weighted by molar-refractivity contribution is -0.443. The quantitative estimate of drug-likeness (QED) is 0.242. The van der Waals surface area contributed by atoms with Gasteiger partial charge < -0.3 is 13.3 Å². The van der Waals surface area contributed by atoms with Crippen LogP contribution in [0.25, 0.3) is 0 Å². The summed E-state index contributed by atoms with van der Waals surface area (Å²) in [4.78, 5) is 0. The predicted octanol–water partition coefficient (Wildman–Crippen LogP) is 5.60. The van der Waals surface area contributed by atoms with Crippen LogP contribution >= 0.6 is 0 Å². The molecule has 0 saturated heterocycles. The predicted molar refractivity (Wildman–Crippen MR) is 76.6 cm³/mol. The summed E-state index contributed by atoms with van der Waals surface area (Å²) in [6.07, 6.45) is -2.38. The lowest BCUT2D eigenvalue weighted by atomic mass is 9.89. The summed E-state index contributed by atoms with van der Waals surface area (Å²) in [6.45, 7) is 0.0151. The molecule has 0 saturated carbocycles. The van der Waals surface area contributed by atoms with Crippen molar-refractivity contribution in [1.29, 1.82) is 0 Å². The van der Waals surface area contributed by atoms with Gasteiger partial charge in [-0.1, -0.05) is 6.92 Å². The molecule has 0 bridgehead atoms. The lowest BCUT2D eigenvalue weighted by Gasteiger charge is -2.43. The number of hydrogen-bond acceptors (Lipinski definition) is 3. The molecule has 3 nitrogen and oxygen atoms in total. The first-order chi connectivity index (χ1) is 13.9. The number of hydrogen-bond donors (Lipinski definition) is 0. The smallest absolute Gasteiger partial charge is 0.375 e. The molecule has 0 spiro atoms. The average molecular weight is 532 g/mol. The minimum atomic E-state index is -8.27. The third-order valence-corrected chi connectivity index (χ3v) is 7.07. The van der Waals surface area contributed by atoms with E-state index in [1.165, 1.54) is 0 Å². The van der Waals surface area contributed by atoms with Crippen LogP contribution in [0.4, 0.5) is 65.9 Å². The Labute approximate surface area is 171 Å². The molecule has 32 heavy (non-hydrogen) atoms. The van der Waals surface area contributed by atoms with Crippen molar-refractivity contribution >= 4 is 8.80 Å². The van der Waals surface area contributed by atoms with Crippen molar-refractivity contribution in [3.8, 4) is 0 Å². The van der Waals surface area contributed by atoms with E-state index < -0.39 is 62.5 Å². The van der Waals surface area contributed by atoms with Gasteiger partial charge in [-0.25, -0.2) is 4.39 Å². The molecule has 1 unspecified atom stereocenters. The maximum absolute atomic E-state index is 14.1. The molecule has 0 rings (SSSR count). The first kappa shape index (κ1) is 31.0. The van der Waals surface area contributed by atoms with Crippen LogP contribution in [0.3, 0.4) is 0 Å². The molecule has 194 valence electrons. The van der Waals surface area contributed by atoms with Crippen molar-refractivity contribution in [2.45, 2.75) is 60.6 Å². The van der Waals surface area contributed by atoms with Gasteiger partial charge in [0.2, 0.25) is 5.79 Å².